The lowest BCUT2D eigenvalue weighted by molar-refractivity contribution is 0.0432. The van der Waals surface area contributed by atoms with Crippen molar-refractivity contribution in [3.63, 3.8) is 0 Å². The molecule has 0 aromatic rings. The minimum atomic E-state index is 0.352. The molecule has 2 aliphatic heterocycles. The van der Waals surface area contributed by atoms with Gasteiger partial charge in [-0.15, -0.1) is 11.6 Å². The van der Waals surface area contributed by atoms with Crippen LogP contribution < -0.4 is 0 Å². The predicted molar refractivity (Wildman–Crippen MR) is 58.9 cm³/mol. The average molecular weight is 218 g/mol. The monoisotopic (exact) mass is 217 g/mol. The van der Waals surface area contributed by atoms with Crippen LogP contribution in [-0.2, 0) is 4.74 Å². The van der Waals surface area contributed by atoms with Gasteiger partial charge in [-0.2, -0.15) is 0 Å². The summed E-state index contributed by atoms with van der Waals surface area (Å²) in [7, 11) is 1.79. The molecule has 82 valence electrons. The van der Waals surface area contributed by atoms with Gasteiger partial charge in [-0.1, -0.05) is 0 Å². The zero-order valence-electron chi connectivity index (χ0n) is 9.08. The second kappa shape index (κ2) is 4.38. The van der Waals surface area contributed by atoms with E-state index in [2.05, 4.69) is 11.8 Å². The second-order valence-corrected chi connectivity index (χ2v) is 5.31. The van der Waals surface area contributed by atoms with Crippen LogP contribution in [0.4, 0.5) is 0 Å². The number of hydrogen-bond acceptors (Lipinski definition) is 2. The van der Waals surface area contributed by atoms with Crippen LogP contribution in [0.15, 0.2) is 0 Å². The molecule has 2 nitrogen and oxygen atoms in total. The lowest BCUT2D eigenvalue weighted by Crippen LogP contribution is -2.46. The smallest absolute Gasteiger partial charge is 0.0670 e. The number of halogens is 1. The van der Waals surface area contributed by atoms with Crippen molar-refractivity contribution in [3.05, 3.63) is 0 Å². The average Bonchev–Trinajstić information content (AvgIpc) is 2.41. The second-order valence-electron chi connectivity index (χ2n) is 4.70. The van der Waals surface area contributed by atoms with Crippen molar-refractivity contribution in [3.8, 4) is 0 Å². The van der Waals surface area contributed by atoms with Gasteiger partial charge in [0.25, 0.3) is 0 Å². The minimum Gasteiger partial charge on any atom is -0.380 e. The minimum absolute atomic E-state index is 0.352. The van der Waals surface area contributed by atoms with Crippen LogP contribution in [0.3, 0.4) is 0 Å². The molecule has 14 heavy (non-hydrogen) atoms. The maximum Gasteiger partial charge on any atom is 0.0670 e. The van der Waals surface area contributed by atoms with Gasteiger partial charge in [0.1, 0.15) is 0 Å². The number of ether oxygens (including phenoxy) is 1. The van der Waals surface area contributed by atoms with E-state index >= 15 is 0 Å². The maximum atomic E-state index is 6.22. The number of hydrogen-bond donors (Lipinski definition) is 0. The van der Waals surface area contributed by atoms with Crippen LogP contribution in [0.5, 0.6) is 0 Å². The van der Waals surface area contributed by atoms with Gasteiger partial charge in [0.2, 0.25) is 0 Å². The van der Waals surface area contributed by atoms with Crippen molar-refractivity contribution in [2.24, 2.45) is 0 Å². The third-order valence-corrected chi connectivity index (χ3v) is 4.05. The first kappa shape index (κ1) is 10.7. The zero-order valence-corrected chi connectivity index (χ0v) is 9.83. The van der Waals surface area contributed by atoms with Gasteiger partial charge in [-0.05, 0) is 32.6 Å². The Bertz CT molecular complexity index is 186. The summed E-state index contributed by atoms with van der Waals surface area (Å²) in [6, 6.07) is 1.46. The molecule has 2 aliphatic rings. The quantitative estimate of drug-likeness (QED) is 0.673. The highest BCUT2D eigenvalue weighted by Crippen LogP contribution is 2.37. The molecule has 2 rings (SSSR count). The Hall–Kier alpha value is 0.210. The fourth-order valence-electron chi connectivity index (χ4n) is 2.88. The Morgan fingerprint density at radius 2 is 1.93 bits per heavy atom. The van der Waals surface area contributed by atoms with Crippen LogP contribution in [0, 0.1) is 0 Å². The van der Waals surface area contributed by atoms with Crippen molar-refractivity contribution in [1.82, 2.24) is 4.90 Å². The molecule has 0 radical (unpaired) electrons. The molecule has 0 amide bonds. The summed E-state index contributed by atoms with van der Waals surface area (Å²) in [5.41, 5.74) is 0. The Labute approximate surface area is 91.6 Å². The topological polar surface area (TPSA) is 12.5 Å². The van der Waals surface area contributed by atoms with Gasteiger partial charge in [-0.25, -0.2) is 0 Å². The molecule has 0 aromatic heterocycles. The molecule has 2 heterocycles. The molecule has 3 heteroatoms. The number of rotatable bonds is 3. The van der Waals surface area contributed by atoms with Gasteiger partial charge < -0.3 is 4.74 Å². The summed E-state index contributed by atoms with van der Waals surface area (Å²) in [5.74, 6) is 0. The summed E-state index contributed by atoms with van der Waals surface area (Å²) in [6.07, 6.45) is 5.38. The van der Waals surface area contributed by atoms with Crippen molar-refractivity contribution in [2.45, 2.75) is 56.2 Å². The van der Waals surface area contributed by atoms with Crippen LogP contribution in [0.2, 0.25) is 0 Å². The van der Waals surface area contributed by atoms with Crippen molar-refractivity contribution < 1.29 is 4.74 Å². The number of piperidine rings is 1. The fraction of sp³-hybridized carbons (Fsp3) is 1.00. The molecular formula is C11H20ClNO. The lowest BCUT2D eigenvalue weighted by atomic mass is 10.0. The fourth-order valence-corrected chi connectivity index (χ4v) is 3.29. The van der Waals surface area contributed by atoms with Crippen molar-refractivity contribution in [1.29, 1.82) is 0 Å². The Kier molecular flexibility index (Phi) is 3.35. The molecule has 3 atom stereocenters. The van der Waals surface area contributed by atoms with Crippen LogP contribution in [0.1, 0.15) is 32.6 Å². The maximum absolute atomic E-state index is 6.22. The van der Waals surface area contributed by atoms with Crippen LogP contribution in [0.25, 0.3) is 0 Å². The van der Waals surface area contributed by atoms with Gasteiger partial charge in [0.15, 0.2) is 0 Å². The van der Waals surface area contributed by atoms with Gasteiger partial charge in [-0.3, -0.25) is 4.90 Å². The molecule has 2 saturated heterocycles. The molecule has 0 N–H and O–H groups in total. The Morgan fingerprint density at radius 3 is 2.43 bits per heavy atom. The molecule has 2 fully saturated rings. The van der Waals surface area contributed by atoms with Crippen LogP contribution >= 0.6 is 11.6 Å². The molecule has 3 unspecified atom stereocenters. The normalized spacial score (nSPS) is 40.1. The summed E-state index contributed by atoms with van der Waals surface area (Å²) in [6.45, 7) is 3.22. The van der Waals surface area contributed by atoms with Crippen LogP contribution in [-0.4, -0.2) is 42.1 Å². The zero-order chi connectivity index (χ0) is 10.1. The molecular weight excluding hydrogens is 198 g/mol. The van der Waals surface area contributed by atoms with Crippen molar-refractivity contribution in [2.75, 3.05) is 13.7 Å². The molecule has 0 aromatic carbocycles. The summed E-state index contributed by atoms with van der Waals surface area (Å²) < 4.78 is 5.33. The summed E-state index contributed by atoms with van der Waals surface area (Å²) >= 11 is 6.22. The van der Waals surface area contributed by atoms with Crippen molar-refractivity contribution >= 4 is 11.6 Å². The van der Waals surface area contributed by atoms with Gasteiger partial charge >= 0.3 is 0 Å². The molecule has 0 spiro atoms. The van der Waals surface area contributed by atoms with E-state index in [1.165, 1.54) is 25.7 Å². The third-order valence-electron chi connectivity index (χ3n) is 3.70. The highest BCUT2D eigenvalue weighted by molar-refractivity contribution is 6.20. The molecule has 0 saturated carbocycles. The highest BCUT2D eigenvalue weighted by Gasteiger charge is 2.40. The van der Waals surface area contributed by atoms with E-state index in [4.69, 9.17) is 16.3 Å². The standard InChI is InChI=1S/C11H20ClNO/c1-8(14-2)7-13-10-3-4-11(13)6-9(12)5-10/h8-11H,3-7H2,1-2H3. The number of nitrogens with zero attached hydrogens (tertiary/aromatic N) is 1. The number of alkyl halides is 1. The first-order chi connectivity index (χ1) is 6.70. The van der Waals surface area contributed by atoms with E-state index < -0.39 is 0 Å². The summed E-state index contributed by atoms with van der Waals surface area (Å²) in [5, 5.41) is 0.418. The summed E-state index contributed by atoms with van der Waals surface area (Å²) in [4.78, 5) is 2.62. The first-order valence-corrected chi connectivity index (χ1v) is 6.07. The van der Waals surface area contributed by atoms with E-state index in [9.17, 15) is 0 Å². The van der Waals surface area contributed by atoms with E-state index in [-0.39, 0.29) is 0 Å². The molecule has 0 aliphatic carbocycles. The van der Waals surface area contributed by atoms with E-state index in [0.29, 0.717) is 11.5 Å². The highest BCUT2D eigenvalue weighted by atomic mass is 35.5. The van der Waals surface area contributed by atoms with Gasteiger partial charge in [0, 0.05) is 31.1 Å². The van der Waals surface area contributed by atoms with E-state index in [1.54, 1.807) is 7.11 Å². The Balaban J connectivity index is 1.94. The van der Waals surface area contributed by atoms with E-state index in [0.717, 1.165) is 18.6 Å². The van der Waals surface area contributed by atoms with Gasteiger partial charge in [0.05, 0.1) is 6.10 Å². The SMILES string of the molecule is COC(C)CN1C2CCC1CC(Cl)C2. The Morgan fingerprint density at radius 1 is 1.36 bits per heavy atom. The third kappa shape index (κ3) is 2.07. The van der Waals surface area contributed by atoms with E-state index in [1.807, 2.05) is 0 Å². The number of methoxy groups -OCH3 is 1. The number of fused-ring (bicyclic) bond motifs is 2. The lowest BCUT2D eigenvalue weighted by Gasteiger charge is -2.38. The first-order valence-electron chi connectivity index (χ1n) is 5.63. The predicted octanol–water partition coefficient (Wildman–Crippen LogP) is 2.26. The largest absolute Gasteiger partial charge is 0.380 e. The molecule has 2 bridgehead atoms.